The molecule has 0 amide bonds. The van der Waals surface area contributed by atoms with Gasteiger partial charge < -0.3 is 8.85 Å². The first-order valence-corrected chi connectivity index (χ1v) is 7.06. The zero-order valence-electron chi connectivity index (χ0n) is 8.93. The topological polar surface area (TPSA) is 18.5 Å². The summed E-state index contributed by atoms with van der Waals surface area (Å²) in [4.78, 5) is 0. The Bertz CT molecular complexity index is 79.1. The number of alkyl halides is 1. The van der Waals surface area contributed by atoms with E-state index in [9.17, 15) is 0 Å². The molecule has 0 aromatic rings. The van der Waals surface area contributed by atoms with E-state index in [0.717, 1.165) is 0 Å². The van der Waals surface area contributed by atoms with E-state index in [1.54, 1.807) is 0 Å². The molecule has 76 valence electrons. The predicted octanol–water partition coefficient (Wildman–Crippen LogP) is 2.54. The molecule has 0 spiro atoms. The average molecular weight is 213 g/mol. The summed E-state index contributed by atoms with van der Waals surface area (Å²) >= 11 is 4.64. The zero-order valence-corrected chi connectivity index (χ0v) is 10.8. The Morgan fingerprint density at radius 1 is 0.917 bits per heavy atom. The quantitative estimate of drug-likeness (QED) is 0.527. The Morgan fingerprint density at radius 3 is 1.33 bits per heavy atom. The summed E-state index contributed by atoms with van der Waals surface area (Å²) in [6, 6.07) is 0. The van der Waals surface area contributed by atoms with Crippen molar-refractivity contribution in [3.8, 4) is 0 Å². The van der Waals surface area contributed by atoms with Gasteiger partial charge in [-0.3, -0.25) is 0 Å². The van der Waals surface area contributed by atoms with Crippen LogP contribution in [-0.4, -0.2) is 27.9 Å². The van der Waals surface area contributed by atoms with Gasteiger partial charge >= 0.3 is 9.28 Å². The van der Waals surface area contributed by atoms with Crippen LogP contribution in [0.15, 0.2) is 0 Å². The molecule has 0 aliphatic rings. The van der Waals surface area contributed by atoms with Crippen LogP contribution in [-0.2, 0) is 8.85 Å². The Labute approximate surface area is 83.1 Å². The monoisotopic (exact) mass is 212 g/mol. The summed E-state index contributed by atoms with van der Waals surface area (Å²) in [6.45, 7) is 10.2. The van der Waals surface area contributed by atoms with Crippen molar-refractivity contribution in [3.63, 3.8) is 0 Å². The molecule has 0 N–H and O–H groups in total. The Morgan fingerprint density at radius 2 is 1.17 bits per heavy atom. The first kappa shape index (κ1) is 14.9. The van der Waals surface area contributed by atoms with Gasteiger partial charge in [-0.05, 0) is 34.2 Å². The minimum Gasteiger partial charge on any atom is -0.394 e. The summed E-state index contributed by atoms with van der Waals surface area (Å²) in [7, 11) is -1.32. The molecule has 0 aromatic carbocycles. The summed E-state index contributed by atoms with van der Waals surface area (Å²) in [5.74, 6) is 0. The Hall–Kier alpha value is 0.427. The van der Waals surface area contributed by atoms with Crippen LogP contribution < -0.4 is 0 Å². The molecule has 4 heteroatoms. The van der Waals surface area contributed by atoms with Gasteiger partial charge in [-0.25, -0.2) is 0 Å². The molecule has 0 aliphatic carbocycles. The van der Waals surface area contributed by atoms with E-state index in [1.165, 1.54) is 6.38 Å². The van der Waals surface area contributed by atoms with Gasteiger partial charge in [0, 0.05) is 18.6 Å². The lowest BCUT2D eigenvalue weighted by atomic mass is 10.5. The van der Waals surface area contributed by atoms with E-state index in [2.05, 4.69) is 18.1 Å². The second-order valence-electron chi connectivity index (χ2n) is 2.94. The Balaban J connectivity index is 0. The second-order valence-corrected chi connectivity index (χ2v) is 4.62. The van der Waals surface area contributed by atoms with Crippen LogP contribution in [0.25, 0.3) is 0 Å². The van der Waals surface area contributed by atoms with Gasteiger partial charge in [0.05, 0.1) is 0 Å². The number of hydrogen-bond donors (Lipinski definition) is 0. The van der Waals surface area contributed by atoms with Gasteiger partial charge in [-0.15, -0.1) is 11.6 Å². The highest BCUT2D eigenvalue weighted by Crippen LogP contribution is 1.98. The molecule has 12 heavy (non-hydrogen) atoms. The molecule has 0 rings (SSSR count). The number of halogens is 1. The molecule has 0 unspecified atom stereocenters. The lowest BCUT2D eigenvalue weighted by molar-refractivity contribution is 0.134. The van der Waals surface area contributed by atoms with Crippen LogP contribution in [0.1, 0.15) is 27.7 Å². The average Bonchev–Trinajstić information content (AvgIpc) is 1.87. The van der Waals surface area contributed by atoms with Crippen LogP contribution in [0.3, 0.4) is 0 Å². The maximum atomic E-state index is 5.48. The zero-order chi connectivity index (χ0) is 10.1. The van der Waals surface area contributed by atoms with Gasteiger partial charge in [0.25, 0.3) is 0 Å². The van der Waals surface area contributed by atoms with Crippen molar-refractivity contribution in [2.24, 2.45) is 0 Å². The molecule has 0 radical (unpaired) electrons. The highest BCUT2D eigenvalue weighted by Gasteiger charge is 2.08. The van der Waals surface area contributed by atoms with Crippen LogP contribution in [0, 0.1) is 0 Å². The lowest BCUT2D eigenvalue weighted by Crippen LogP contribution is -2.25. The van der Waals surface area contributed by atoms with Gasteiger partial charge in [0.2, 0.25) is 0 Å². The predicted molar refractivity (Wildman–Crippen MR) is 57.2 cm³/mol. The highest BCUT2D eigenvalue weighted by molar-refractivity contribution is 6.42. The molecule has 0 heterocycles. The fraction of sp³-hybridized carbons (Fsp3) is 1.00. The van der Waals surface area contributed by atoms with Crippen molar-refractivity contribution < 1.29 is 8.85 Å². The third kappa shape index (κ3) is 13.0. The standard InChI is InChI=1S/C7H18O2Si.CH3Cl/c1-6(2)8-10(5)9-7(3)4;1-2/h6-7,10H,1-5H3;1H3. The minimum absolute atomic E-state index is 0.306. The summed E-state index contributed by atoms with van der Waals surface area (Å²) in [6.07, 6.45) is 2.08. The fourth-order valence-corrected chi connectivity index (χ4v) is 2.40. The van der Waals surface area contributed by atoms with Crippen molar-refractivity contribution in [1.82, 2.24) is 0 Å². The first-order valence-electron chi connectivity index (χ1n) is 4.21. The SMILES string of the molecule is CC(C)O[SiH](C)OC(C)C.CCl. The molecule has 0 bridgehead atoms. The van der Waals surface area contributed by atoms with Gasteiger partial charge in [0.1, 0.15) is 0 Å². The number of hydrogen-bond acceptors (Lipinski definition) is 2. The molecule has 0 aromatic heterocycles. The normalized spacial score (nSPS) is 10.5. The van der Waals surface area contributed by atoms with E-state index in [0.29, 0.717) is 12.2 Å². The second kappa shape index (κ2) is 9.51. The van der Waals surface area contributed by atoms with E-state index in [-0.39, 0.29) is 0 Å². The minimum atomic E-state index is -1.32. The number of rotatable bonds is 4. The highest BCUT2D eigenvalue weighted by atomic mass is 35.5. The molecule has 0 saturated carbocycles. The van der Waals surface area contributed by atoms with Crippen LogP contribution >= 0.6 is 11.6 Å². The van der Waals surface area contributed by atoms with Crippen LogP contribution in [0.4, 0.5) is 0 Å². The molecule has 0 fully saturated rings. The summed E-state index contributed by atoms with van der Waals surface area (Å²) < 4.78 is 11.0. The molecule has 2 nitrogen and oxygen atoms in total. The van der Waals surface area contributed by atoms with Crippen LogP contribution in [0.2, 0.25) is 6.55 Å². The molecule has 0 atom stereocenters. The molecular weight excluding hydrogens is 192 g/mol. The van der Waals surface area contributed by atoms with Crippen molar-refractivity contribution in [3.05, 3.63) is 0 Å². The van der Waals surface area contributed by atoms with Crippen molar-refractivity contribution in [1.29, 1.82) is 0 Å². The maximum Gasteiger partial charge on any atom is 0.318 e. The molecular formula is C8H21ClO2Si. The summed E-state index contributed by atoms with van der Waals surface area (Å²) in [5.41, 5.74) is 0. The maximum absolute atomic E-state index is 5.48. The third-order valence-electron chi connectivity index (χ3n) is 0.928. The first-order chi connectivity index (χ1) is 5.52. The van der Waals surface area contributed by atoms with Crippen molar-refractivity contribution >= 4 is 20.9 Å². The Kier molecular flexibility index (Phi) is 11.8. The van der Waals surface area contributed by atoms with Gasteiger partial charge in [-0.1, -0.05) is 0 Å². The van der Waals surface area contributed by atoms with Crippen molar-refractivity contribution in [2.75, 3.05) is 6.38 Å². The van der Waals surface area contributed by atoms with Crippen LogP contribution in [0.5, 0.6) is 0 Å². The van der Waals surface area contributed by atoms with E-state index >= 15 is 0 Å². The van der Waals surface area contributed by atoms with Crippen molar-refractivity contribution in [2.45, 2.75) is 46.4 Å². The third-order valence-corrected chi connectivity index (χ3v) is 2.78. The van der Waals surface area contributed by atoms with E-state index in [1.807, 2.05) is 27.7 Å². The lowest BCUT2D eigenvalue weighted by Gasteiger charge is -2.17. The van der Waals surface area contributed by atoms with Gasteiger partial charge in [-0.2, -0.15) is 0 Å². The van der Waals surface area contributed by atoms with E-state index < -0.39 is 9.28 Å². The summed E-state index contributed by atoms with van der Waals surface area (Å²) in [5, 5.41) is 0. The largest absolute Gasteiger partial charge is 0.394 e. The van der Waals surface area contributed by atoms with E-state index in [4.69, 9.17) is 8.85 Å². The molecule has 0 saturated heterocycles. The smallest absolute Gasteiger partial charge is 0.318 e. The molecule has 0 aliphatic heterocycles. The fourth-order valence-electron chi connectivity index (χ4n) is 0.799. The van der Waals surface area contributed by atoms with Gasteiger partial charge in [0.15, 0.2) is 0 Å².